The van der Waals surface area contributed by atoms with Gasteiger partial charge >= 0.3 is 6.09 Å². The zero-order chi connectivity index (χ0) is 15.6. The molecule has 1 aliphatic heterocycles. The van der Waals surface area contributed by atoms with Crippen molar-refractivity contribution in [2.75, 3.05) is 13.2 Å². The van der Waals surface area contributed by atoms with E-state index in [1.807, 2.05) is 20.8 Å². The van der Waals surface area contributed by atoms with Gasteiger partial charge in [-0.05, 0) is 33.6 Å². The molecule has 1 aliphatic rings. The Kier molecular flexibility index (Phi) is 4.41. The van der Waals surface area contributed by atoms with Crippen molar-refractivity contribution in [3.8, 4) is 0 Å². The lowest BCUT2D eigenvalue weighted by Crippen LogP contribution is -2.40. The minimum absolute atomic E-state index is 0.0418. The van der Waals surface area contributed by atoms with Gasteiger partial charge in [0.2, 0.25) is 0 Å². The van der Waals surface area contributed by atoms with Crippen LogP contribution in [0.5, 0.6) is 0 Å². The Hall–Kier alpha value is -1.76. The molecular weight excluding hydrogens is 274 g/mol. The second kappa shape index (κ2) is 5.93. The first-order valence-corrected chi connectivity index (χ1v) is 7.21. The fourth-order valence-corrected chi connectivity index (χ4v) is 2.35. The largest absolute Gasteiger partial charge is 0.444 e. The summed E-state index contributed by atoms with van der Waals surface area (Å²) >= 11 is 0. The van der Waals surface area contributed by atoms with Gasteiger partial charge in [0.15, 0.2) is 0 Å². The average molecular weight is 297 g/mol. The number of hydrogen-bond donors (Lipinski definition) is 2. The maximum absolute atomic E-state index is 12.1. The molecule has 21 heavy (non-hydrogen) atoms. The molecule has 118 valence electrons. The number of amides is 1. The lowest BCUT2D eigenvalue weighted by atomic mass is 10.1. The van der Waals surface area contributed by atoms with Crippen molar-refractivity contribution in [3.05, 3.63) is 21.6 Å². The van der Waals surface area contributed by atoms with E-state index in [1.54, 1.807) is 4.90 Å². The van der Waals surface area contributed by atoms with Gasteiger partial charge in [-0.2, -0.15) is 0 Å². The molecule has 0 aromatic carbocycles. The number of carbonyl (C=O) groups excluding carboxylic acids is 1. The molecule has 0 saturated carbocycles. The summed E-state index contributed by atoms with van der Waals surface area (Å²) in [6.07, 6.45) is 0.683. The van der Waals surface area contributed by atoms with E-state index in [4.69, 9.17) is 9.84 Å². The van der Waals surface area contributed by atoms with Crippen molar-refractivity contribution in [2.24, 2.45) is 0 Å². The van der Waals surface area contributed by atoms with Crippen LogP contribution >= 0.6 is 0 Å². The molecule has 0 unspecified atom stereocenters. The van der Waals surface area contributed by atoms with Crippen LogP contribution in [0, 0.1) is 0 Å². The zero-order valence-electron chi connectivity index (χ0n) is 12.8. The minimum atomic E-state index is -0.530. The number of hydrogen-bond acceptors (Lipinski definition) is 4. The van der Waals surface area contributed by atoms with Crippen molar-refractivity contribution >= 4 is 6.09 Å². The Labute approximate surface area is 123 Å². The van der Waals surface area contributed by atoms with E-state index >= 15 is 0 Å². The first kappa shape index (κ1) is 15.6. The van der Waals surface area contributed by atoms with Crippen LogP contribution in [0.2, 0.25) is 0 Å². The predicted octanol–water partition coefficient (Wildman–Crippen LogP) is 0.852. The summed E-state index contributed by atoms with van der Waals surface area (Å²) < 4.78 is 6.85. The molecule has 2 heterocycles. The first-order chi connectivity index (χ1) is 9.81. The fraction of sp³-hybridized carbons (Fsp3) is 0.714. The number of H-pyrrole nitrogens is 1. The zero-order valence-corrected chi connectivity index (χ0v) is 12.8. The molecule has 2 rings (SSSR count). The third-order valence-electron chi connectivity index (χ3n) is 3.31. The number of fused-ring (bicyclic) bond motifs is 1. The van der Waals surface area contributed by atoms with Gasteiger partial charge in [-0.1, -0.05) is 0 Å². The van der Waals surface area contributed by atoms with Crippen molar-refractivity contribution in [2.45, 2.75) is 52.3 Å². The molecule has 0 fully saturated rings. The number of nitrogens with one attached hydrogen (secondary N) is 1. The van der Waals surface area contributed by atoms with Gasteiger partial charge in [0.1, 0.15) is 5.60 Å². The smallest absolute Gasteiger partial charge is 0.410 e. The van der Waals surface area contributed by atoms with Gasteiger partial charge in [0.25, 0.3) is 5.56 Å². The molecule has 7 nitrogen and oxygen atoms in total. The van der Waals surface area contributed by atoms with E-state index in [0.717, 1.165) is 11.3 Å². The van der Waals surface area contributed by atoms with Crippen LogP contribution in [-0.2, 0) is 24.2 Å². The van der Waals surface area contributed by atoms with Gasteiger partial charge in [-0.3, -0.25) is 14.6 Å². The third kappa shape index (κ3) is 3.66. The summed E-state index contributed by atoms with van der Waals surface area (Å²) in [5.74, 6) is 0. The van der Waals surface area contributed by atoms with Crippen LogP contribution in [0.3, 0.4) is 0 Å². The van der Waals surface area contributed by atoms with Crippen molar-refractivity contribution < 1.29 is 14.6 Å². The normalized spacial score (nSPS) is 15.0. The number of aryl methyl sites for hydroxylation is 1. The molecule has 0 saturated heterocycles. The summed E-state index contributed by atoms with van der Waals surface area (Å²) in [7, 11) is 0. The highest BCUT2D eigenvalue weighted by molar-refractivity contribution is 5.68. The number of aliphatic hydroxyl groups excluding tert-OH is 1. The van der Waals surface area contributed by atoms with Gasteiger partial charge in [-0.15, -0.1) is 0 Å². The molecular formula is C14H23N3O4. The molecule has 0 radical (unpaired) electrons. The third-order valence-corrected chi connectivity index (χ3v) is 3.31. The molecule has 1 aromatic heterocycles. The van der Waals surface area contributed by atoms with E-state index in [-0.39, 0.29) is 18.3 Å². The van der Waals surface area contributed by atoms with Crippen LogP contribution in [0.15, 0.2) is 4.79 Å². The number of aliphatic hydroxyl groups is 1. The summed E-state index contributed by atoms with van der Waals surface area (Å²) in [5.41, 5.74) is 0.905. The second-order valence-electron chi connectivity index (χ2n) is 6.25. The fourth-order valence-electron chi connectivity index (χ4n) is 2.35. The Balaban J connectivity index is 2.10. The monoisotopic (exact) mass is 297 g/mol. The number of aromatic nitrogens is 2. The van der Waals surface area contributed by atoms with E-state index in [9.17, 15) is 9.59 Å². The van der Waals surface area contributed by atoms with E-state index in [0.29, 0.717) is 32.5 Å². The van der Waals surface area contributed by atoms with Gasteiger partial charge in [0.05, 0.1) is 12.2 Å². The standard InChI is InChI=1S/C14H23N3O4/c1-14(2,3)21-13(20)16-7-5-10-11(9-16)15-17(12(10)19)6-4-8-18/h15,18H,4-9H2,1-3H3. The number of carbonyl (C=O) groups is 1. The lowest BCUT2D eigenvalue weighted by molar-refractivity contribution is 0.0221. The SMILES string of the molecule is CC(C)(C)OC(=O)N1CCc2c([nH]n(CCCO)c2=O)C1. The van der Waals surface area contributed by atoms with Crippen molar-refractivity contribution in [3.63, 3.8) is 0 Å². The van der Waals surface area contributed by atoms with Crippen LogP contribution in [-0.4, -0.2) is 44.6 Å². The predicted molar refractivity (Wildman–Crippen MR) is 77.1 cm³/mol. The maximum Gasteiger partial charge on any atom is 0.410 e. The number of ether oxygens (including phenoxy) is 1. The summed E-state index contributed by atoms with van der Waals surface area (Å²) in [5, 5.41) is 11.9. The number of rotatable bonds is 3. The minimum Gasteiger partial charge on any atom is -0.444 e. The van der Waals surface area contributed by atoms with Crippen LogP contribution in [0.1, 0.15) is 38.4 Å². The Morgan fingerprint density at radius 1 is 1.43 bits per heavy atom. The van der Waals surface area contributed by atoms with E-state index in [1.165, 1.54) is 4.68 Å². The average Bonchev–Trinajstić information content (AvgIpc) is 2.70. The quantitative estimate of drug-likeness (QED) is 0.866. The Bertz CT molecular complexity index is 568. The van der Waals surface area contributed by atoms with Crippen LogP contribution in [0.4, 0.5) is 4.79 Å². The summed E-state index contributed by atoms with van der Waals surface area (Å²) in [6, 6.07) is 0. The molecule has 1 amide bonds. The Morgan fingerprint density at radius 2 is 2.14 bits per heavy atom. The molecule has 0 bridgehead atoms. The highest BCUT2D eigenvalue weighted by atomic mass is 16.6. The molecule has 1 aromatic rings. The molecule has 0 spiro atoms. The Morgan fingerprint density at radius 3 is 2.76 bits per heavy atom. The highest BCUT2D eigenvalue weighted by Gasteiger charge is 2.28. The van der Waals surface area contributed by atoms with E-state index in [2.05, 4.69) is 5.10 Å². The molecule has 0 atom stereocenters. The first-order valence-electron chi connectivity index (χ1n) is 7.21. The maximum atomic E-state index is 12.1. The highest BCUT2D eigenvalue weighted by Crippen LogP contribution is 2.17. The summed E-state index contributed by atoms with van der Waals surface area (Å²) in [6.45, 7) is 6.81. The topological polar surface area (TPSA) is 87.6 Å². The van der Waals surface area contributed by atoms with Crippen LogP contribution in [0.25, 0.3) is 0 Å². The van der Waals surface area contributed by atoms with Gasteiger partial charge < -0.3 is 14.7 Å². The van der Waals surface area contributed by atoms with Crippen molar-refractivity contribution in [1.29, 1.82) is 0 Å². The van der Waals surface area contributed by atoms with Gasteiger partial charge in [0, 0.05) is 25.3 Å². The van der Waals surface area contributed by atoms with E-state index < -0.39 is 5.60 Å². The van der Waals surface area contributed by atoms with Gasteiger partial charge in [-0.25, -0.2) is 4.79 Å². The molecule has 2 N–H and O–H groups in total. The van der Waals surface area contributed by atoms with Crippen LogP contribution < -0.4 is 5.56 Å². The second-order valence-corrected chi connectivity index (χ2v) is 6.25. The molecule has 0 aliphatic carbocycles. The lowest BCUT2D eigenvalue weighted by Gasteiger charge is -2.29. The summed E-state index contributed by atoms with van der Waals surface area (Å²) in [4.78, 5) is 25.8. The molecule has 7 heteroatoms. The number of aromatic amines is 1. The number of nitrogens with zero attached hydrogens (tertiary/aromatic N) is 2. The van der Waals surface area contributed by atoms with Crippen molar-refractivity contribution in [1.82, 2.24) is 14.7 Å².